The summed E-state index contributed by atoms with van der Waals surface area (Å²) in [5, 5.41) is 66.0. The van der Waals surface area contributed by atoms with Crippen molar-refractivity contribution in [1.29, 1.82) is 0 Å². The molecule has 0 bridgehead atoms. The van der Waals surface area contributed by atoms with E-state index >= 15 is 0 Å². The lowest BCUT2D eigenvalue weighted by Gasteiger charge is -2.13. The first-order valence-corrected chi connectivity index (χ1v) is 21.6. The molecule has 0 aliphatic rings. The van der Waals surface area contributed by atoms with E-state index in [0.717, 1.165) is 60.2 Å². The number of halogens is 5. The number of methoxy groups -OCH3 is 1. The molecule has 0 unspecified atom stereocenters. The number of ether oxygens (including phenoxy) is 1. The molecule has 0 fully saturated rings. The summed E-state index contributed by atoms with van der Waals surface area (Å²) in [6, 6.07) is 33.5. The van der Waals surface area contributed by atoms with Crippen LogP contribution in [-0.2, 0) is 6.18 Å². The molecule has 0 aliphatic carbocycles. The molecule has 7 rings (SSSR count). The number of aromatic hydroxyl groups is 3. The highest BCUT2D eigenvalue weighted by Crippen LogP contribution is 2.37. The summed E-state index contributed by atoms with van der Waals surface area (Å²) in [6.07, 6.45) is -4.56. The monoisotopic (exact) mass is 1080 g/mol. The Balaban J connectivity index is 0.000000235. The van der Waals surface area contributed by atoms with E-state index in [0.29, 0.717) is 27.7 Å². The number of urea groups is 4. The zero-order valence-electron chi connectivity index (χ0n) is 38.4. The van der Waals surface area contributed by atoms with Crippen molar-refractivity contribution in [2.75, 3.05) is 39.0 Å². The van der Waals surface area contributed by atoms with Crippen LogP contribution in [0.15, 0.2) is 152 Å². The van der Waals surface area contributed by atoms with E-state index in [-0.39, 0.29) is 50.6 Å². The third kappa shape index (κ3) is 18.0. The molecule has 0 heterocycles. The number of hydrogen-bond donors (Lipinski definition) is 11. The van der Waals surface area contributed by atoms with Crippen molar-refractivity contribution >= 4 is 92.8 Å². The number of anilines is 6. The van der Waals surface area contributed by atoms with Crippen molar-refractivity contribution in [3.8, 4) is 34.1 Å². The number of benzene rings is 7. The van der Waals surface area contributed by atoms with Gasteiger partial charge in [0.25, 0.3) is 11.4 Å². The Labute approximate surface area is 432 Å². The minimum absolute atomic E-state index is 0.0129. The Morgan fingerprint density at radius 3 is 1.56 bits per heavy atom. The summed E-state index contributed by atoms with van der Waals surface area (Å²) < 4.78 is 42.9. The molecule has 27 heteroatoms. The van der Waals surface area contributed by atoms with Gasteiger partial charge < -0.3 is 63.4 Å². The Morgan fingerprint density at radius 2 is 1.01 bits per heavy atom. The molecule has 0 saturated carbocycles. The highest BCUT2D eigenvalue weighted by molar-refractivity contribution is 6.44. The molecule has 0 aromatic heterocycles. The fraction of sp³-hybridized carbons (Fsp3) is 0.0417. The number of rotatable bonds is 10. The largest absolute Gasteiger partial charge is 0.506 e. The Bertz CT molecular complexity index is 3190. The third-order valence-electron chi connectivity index (χ3n) is 9.25. The molecule has 0 saturated heterocycles. The van der Waals surface area contributed by atoms with Gasteiger partial charge >= 0.3 is 30.3 Å². The van der Waals surface area contributed by atoms with Gasteiger partial charge in [-0.2, -0.15) is 13.2 Å². The van der Waals surface area contributed by atoms with Crippen LogP contribution in [0.3, 0.4) is 0 Å². The van der Waals surface area contributed by atoms with Crippen molar-refractivity contribution < 1.29 is 62.3 Å². The summed E-state index contributed by atoms with van der Waals surface area (Å²) in [5.41, 5.74) is 9.05. The lowest BCUT2D eigenvalue weighted by Crippen LogP contribution is -2.20. The third-order valence-corrected chi connectivity index (χ3v) is 10.1. The SMILES string of the molecule is COc1ccccc1NC(=O)Nc1cc([N+](=O)[O-])ccc1O.NC(N)=O.O=C(Nc1cccc(-c2ccccc2)c1O)Nc1cccc(Cl)c1Cl.O=C(Nc1cccc(C(F)(F)F)c1)Nc1cc([N+](=O)[O-])ccc1O. The Kier molecular flexibility index (Phi) is 20.7. The fourth-order valence-electron chi connectivity index (χ4n) is 5.93. The van der Waals surface area contributed by atoms with Crippen LogP contribution in [0.25, 0.3) is 11.1 Å². The minimum Gasteiger partial charge on any atom is -0.506 e. The number of nitrogens with two attached hydrogens (primary N) is 2. The number of hydrogen-bond acceptors (Lipinski definition) is 12. The average Bonchev–Trinajstić information content (AvgIpc) is 3.35. The number of nitrogens with zero attached hydrogens (tertiary/aromatic N) is 2. The fourth-order valence-corrected chi connectivity index (χ4v) is 6.28. The molecular weight excluding hydrogens is 1040 g/mol. The first kappa shape index (κ1) is 57.6. The topological polar surface area (TPSA) is 349 Å². The maximum atomic E-state index is 12.6. The van der Waals surface area contributed by atoms with Gasteiger partial charge in [0.1, 0.15) is 23.0 Å². The molecule has 8 amide bonds. The molecule has 0 aliphatic heterocycles. The van der Waals surface area contributed by atoms with E-state index in [4.69, 9.17) is 32.7 Å². The summed E-state index contributed by atoms with van der Waals surface area (Å²) in [6.45, 7) is 0. The van der Waals surface area contributed by atoms with Gasteiger partial charge in [-0.05, 0) is 66.2 Å². The molecule has 0 radical (unpaired) electrons. The van der Waals surface area contributed by atoms with E-state index in [1.807, 2.05) is 30.3 Å². The van der Waals surface area contributed by atoms with Crippen LogP contribution < -0.4 is 48.1 Å². The van der Waals surface area contributed by atoms with Crippen LogP contribution in [0, 0.1) is 20.2 Å². The molecule has 13 N–H and O–H groups in total. The van der Waals surface area contributed by atoms with Crippen molar-refractivity contribution in [2.24, 2.45) is 11.5 Å². The van der Waals surface area contributed by atoms with Gasteiger partial charge in [-0.25, -0.2) is 19.2 Å². The number of nitrogens with one attached hydrogen (secondary N) is 6. The lowest BCUT2D eigenvalue weighted by atomic mass is 10.0. The molecule has 7 aromatic rings. The first-order chi connectivity index (χ1) is 35.5. The van der Waals surface area contributed by atoms with Gasteiger partial charge in [0.15, 0.2) is 0 Å². The first-order valence-electron chi connectivity index (χ1n) is 20.8. The van der Waals surface area contributed by atoms with Crippen LogP contribution >= 0.6 is 23.2 Å². The lowest BCUT2D eigenvalue weighted by molar-refractivity contribution is -0.385. The summed E-state index contributed by atoms with van der Waals surface area (Å²) in [4.78, 5) is 64.9. The number of alkyl halides is 3. The number of para-hydroxylation sites is 3. The van der Waals surface area contributed by atoms with Crippen LogP contribution in [0.1, 0.15) is 5.56 Å². The standard InChI is InChI=1S/C19H14Cl2N2O2.C14H10F3N3O4.C14H13N3O5.CH4N2O/c20-14-9-5-10-15(17(14)21)22-19(25)23-16-11-4-8-13(18(16)24)12-6-2-1-3-7-12;15-14(16,17)8-2-1-3-9(6-8)18-13(22)19-11-7-10(20(23)24)4-5-12(11)21;1-22-13-5-3-2-4-10(13)15-14(19)16-11-8-9(17(20)21)6-7-12(11)18;2-1(3)4/h1-11,24H,(H2,22,23,25);1-7,21H,(H2,18,19,22);2-8,18H,1H3,(H2,15,16,19);(H4,2,3,4). The smallest absolute Gasteiger partial charge is 0.416 e. The number of carbonyl (C=O) groups is 4. The van der Waals surface area contributed by atoms with Crippen LogP contribution in [0.5, 0.6) is 23.0 Å². The van der Waals surface area contributed by atoms with E-state index in [2.05, 4.69) is 43.4 Å². The minimum atomic E-state index is -4.56. The number of primary amides is 2. The zero-order chi connectivity index (χ0) is 55.4. The molecule has 22 nitrogen and oxygen atoms in total. The summed E-state index contributed by atoms with van der Waals surface area (Å²) in [7, 11) is 1.46. The van der Waals surface area contributed by atoms with Gasteiger partial charge in [-0.3, -0.25) is 20.2 Å². The van der Waals surface area contributed by atoms with E-state index in [9.17, 15) is 63.1 Å². The van der Waals surface area contributed by atoms with Gasteiger partial charge in [0.05, 0.1) is 61.0 Å². The predicted octanol–water partition coefficient (Wildman–Crippen LogP) is 11.9. The number of nitro benzene ring substituents is 2. The van der Waals surface area contributed by atoms with Gasteiger partial charge in [-0.1, -0.05) is 89.9 Å². The molecule has 0 spiro atoms. The van der Waals surface area contributed by atoms with Gasteiger partial charge in [0, 0.05) is 35.5 Å². The van der Waals surface area contributed by atoms with Crippen LogP contribution in [-0.4, -0.2) is 56.4 Å². The normalized spacial score (nSPS) is 10.2. The maximum Gasteiger partial charge on any atom is 0.416 e. The summed E-state index contributed by atoms with van der Waals surface area (Å²) in [5.74, 6) is -0.262. The molecule has 75 heavy (non-hydrogen) atoms. The Morgan fingerprint density at radius 1 is 0.560 bits per heavy atom. The molecular formula is C48H41Cl2F3N10O12. The van der Waals surface area contributed by atoms with Crippen molar-refractivity contribution in [2.45, 2.75) is 6.18 Å². The number of phenols is 3. The molecule has 390 valence electrons. The van der Waals surface area contributed by atoms with Crippen molar-refractivity contribution in [3.05, 3.63) is 187 Å². The van der Waals surface area contributed by atoms with Crippen molar-refractivity contribution in [1.82, 2.24) is 0 Å². The zero-order valence-corrected chi connectivity index (χ0v) is 39.9. The number of carbonyl (C=O) groups excluding carboxylic acids is 4. The molecule has 7 aromatic carbocycles. The second-order valence-electron chi connectivity index (χ2n) is 14.5. The van der Waals surface area contributed by atoms with Crippen LogP contribution in [0.2, 0.25) is 10.0 Å². The van der Waals surface area contributed by atoms with E-state index in [1.165, 1.54) is 13.2 Å². The number of amides is 8. The highest BCUT2D eigenvalue weighted by atomic mass is 35.5. The average molecular weight is 1080 g/mol. The predicted molar refractivity (Wildman–Crippen MR) is 276 cm³/mol. The highest BCUT2D eigenvalue weighted by Gasteiger charge is 2.30. The van der Waals surface area contributed by atoms with Gasteiger partial charge in [0.2, 0.25) is 0 Å². The Hall–Kier alpha value is -10.0. The number of phenolic OH excluding ortho intramolecular Hbond substituents is 3. The second-order valence-corrected chi connectivity index (χ2v) is 15.3. The number of nitro groups is 2. The second kappa shape index (κ2) is 27.0. The van der Waals surface area contributed by atoms with E-state index < -0.39 is 51.5 Å². The maximum absolute atomic E-state index is 12.6. The molecule has 0 atom stereocenters. The van der Waals surface area contributed by atoms with Gasteiger partial charge in [-0.15, -0.1) is 0 Å². The van der Waals surface area contributed by atoms with E-state index in [1.54, 1.807) is 60.7 Å². The number of non-ortho nitro benzene ring substituents is 2. The van der Waals surface area contributed by atoms with Crippen molar-refractivity contribution in [3.63, 3.8) is 0 Å². The quantitative estimate of drug-likeness (QED) is 0.0346. The summed E-state index contributed by atoms with van der Waals surface area (Å²) >= 11 is 12.0. The van der Waals surface area contributed by atoms with Crippen LogP contribution in [0.4, 0.5) is 77.8 Å².